The zero-order valence-corrected chi connectivity index (χ0v) is 14.5. The summed E-state index contributed by atoms with van der Waals surface area (Å²) < 4.78 is 0. The van der Waals surface area contributed by atoms with Crippen LogP contribution >= 0.6 is 11.6 Å². The molecule has 0 radical (unpaired) electrons. The minimum absolute atomic E-state index is 0.0942. The molecular weight excluding hydrogens is 328 g/mol. The number of carboxylic acids is 1. The van der Waals surface area contributed by atoms with E-state index in [0.717, 1.165) is 37.4 Å². The van der Waals surface area contributed by atoms with E-state index in [0.29, 0.717) is 19.3 Å². The number of rotatable bonds is 9. The van der Waals surface area contributed by atoms with Gasteiger partial charge in [-0.15, -0.1) is 0 Å². The number of hydrogen-bond acceptors (Lipinski definition) is 4. The van der Waals surface area contributed by atoms with Gasteiger partial charge in [0, 0.05) is 18.1 Å². The van der Waals surface area contributed by atoms with Crippen molar-refractivity contribution in [2.75, 3.05) is 19.6 Å². The largest absolute Gasteiger partial charge is 0.481 e. The van der Waals surface area contributed by atoms with E-state index in [-0.39, 0.29) is 11.8 Å². The Labute approximate surface area is 148 Å². The molecule has 1 aliphatic heterocycles. The molecule has 1 saturated heterocycles. The van der Waals surface area contributed by atoms with Crippen molar-refractivity contribution in [2.45, 2.75) is 32.0 Å². The summed E-state index contributed by atoms with van der Waals surface area (Å²) in [6, 6.07) is 7.82. The molecule has 1 heterocycles. The van der Waals surface area contributed by atoms with Gasteiger partial charge in [0.15, 0.2) is 0 Å². The summed E-state index contributed by atoms with van der Waals surface area (Å²) in [5.74, 6) is -1.00. The molecule has 1 aromatic rings. The quantitative estimate of drug-likeness (QED) is 0.593. The van der Waals surface area contributed by atoms with Crippen LogP contribution in [0, 0.1) is 11.8 Å². The third-order valence-electron chi connectivity index (χ3n) is 4.72. The van der Waals surface area contributed by atoms with Crippen LogP contribution in [0.1, 0.15) is 24.8 Å². The molecular formula is C17H25BClNO4. The van der Waals surface area contributed by atoms with E-state index in [1.165, 1.54) is 5.56 Å². The highest BCUT2D eigenvalue weighted by molar-refractivity contribution is 6.40. The van der Waals surface area contributed by atoms with Gasteiger partial charge in [-0.3, -0.25) is 4.79 Å². The Kier molecular flexibility index (Phi) is 7.56. The lowest BCUT2D eigenvalue weighted by Crippen LogP contribution is -2.24. The number of aliphatic carboxylic acids is 1. The van der Waals surface area contributed by atoms with Crippen LogP contribution in [0.15, 0.2) is 24.3 Å². The van der Waals surface area contributed by atoms with Gasteiger partial charge in [0.2, 0.25) is 0 Å². The molecule has 1 fully saturated rings. The van der Waals surface area contributed by atoms with E-state index in [1.54, 1.807) is 0 Å². The average Bonchev–Trinajstić information content (AvgIpc) is 2.92. The molecule has 2 unspecified atom stereocenters. The van der Waals surface area contributed by atoms with Crippen LogP contribution in [-0.2, 0) is 11.2 Å². The molecule has 7 heteroatoms. The van der Waals surface area contributed by atoms with Gasteiger partial charge in [-0.1, -0.05) is 30.2 Å². The normalized spacial score (nSPS) is 21.1. The predicted octanol–water partition coefficient (Wildman–Crippen LogP) is 2.16. The van der Waals surface area contributed by atoms with Crippen LogP contribution in [0.2, 0.25) is 11.3 Å². The molecule has 5 nitrogen and oxygen atoms in total. The number of carbonyl (C=O) groups is 1. The Morgan fingerprint density at radius 2 is 1.92 bits per heavy atom. The van der Waals surface area contributed by atoms with Crippen LogP contribution in [-0.4, -0.2) is 52.8 Å². The highest BCUT2D eigenvalue weighted by Gasteiger charge is 2.36. The zero-order valence-electron chi connectivity index (χ0n) is 13.8. The topological polar surface area (TPSA) is 81.0 Å². The molecule has 1 aliphatic rings. The molecule has 132 valence electrons. The maximum atomic E-state index is 11.4. The van der Waals surface area contributed by atoms with Gasteiger partial charge in [0.05, 0.1) is 5.92 Å². The van der Waals surface area contributed by atoms with Crippen LogP contribution in [0.4, 0.5) is 0 Å². The van der Waals surface area contributed by atoms with Crippen molar-refractivity contribution in [1.82, 2.24) is 4.90 Å². The molecule has 2 rings (SSSR count). The van der Waals surface area contributed by atoms with Crippen LogP contribution < -0.4 is 0 Å². The van der Waals surface area contributed by atoms with Crippen molar-refractivity contribution in [3.63, 3.8) is 0 Å². The number of halogens is 1. The first-order chi connectivity index (χ1) is 11.5. The molecule has 0 aliphatic carbocycles. The summed E-state index contributed by atoms with van der Waals surface area (Å²) in [4.78, 5) is 13.7. The molecule has 0 saturated carbocycles. The maximum Gasteiger partial charge on any atom is 0.451 e. The predicted molar refractivity (Wildman–Crippen MR) is 95.1 cm³/mol. The van der Waals surface area contributed by atoms with Gasteiger partial charge in [0.25, 0.3) is 0 Å². The van der Waals surface area contributed by atoms with E-state index >= 15 is 0 Å². The summed E-state index contributed by atoms with van der Waals surface area (Å²) in [5.41, 5.74) is 1.24. The number of carboxylic acid groups (broad SMARTS) is 1. The molecule has 24 heavy (non-hydrogen) atoms. The van der Waals surface area contributed by atoms with Crippen LogP contribution in [0.25, 0.3) is 0 Å². The lowest BCUT2D eigenvalue weighted by Gasteiger charge is -2.15. The smallest absolute Gasteiger partial charge is 0.451 e. The minimum atomic E-state index is -1.30. The van der Waals surface area contributed by atoms with Gasteiger partial charge < -0.3 is 20.1 Å². The second kappa shape index (κ2) is 9.42. The number of hydrogen-bond donors (Lipinski definition) is 3. The number of aryl methyl sites for hydroxylation is 1. The van der Waals surface area contributed by atoms with Crippen LogP contribution in [0.5, 0.6) is 0 Å². The fraction of sp³-hybridized carbons (Fsp3) is 0.588. The third-order valence-corrected chi connectivity index (χ3v) is 4.98. The van der Waals surface area contributed by atoms with Gasteiger partial charge in [-0.05, 0) is 55.7 Å². The summed E-state index contributed by atoms with van der Waals surface area (Å²) in [5, 5.41) is 28.0. The van der Waals surface area contributed by atoms with Crippen molar-refractivity contribution in [3.8, 4) is 0 Å². The van der Waals surface area contributed by atoms with Crippen molar-refractivity contribution >= 4 is 24.7 Å². The highest BCUT2D eigenvalue weighted by atomic mass is 35.5. The number of likely N-dealkylation sites (tertiary alicyclic amines) is 1. The maximum absolute atomic E-state index is 11.4. The fourth-order valence-corrected chi connectivity index (χ4v) is 3.56. The molecule has 0 amide bonds. The standard InChI is InChI=1S/C17H25BClNO4/c19-15-7-5-13(6-8-15)3-2-10-20-11-14(4-1-9-18(23)24)16(12-20)17(21)22/h5-8,14,16,23-24H,1-4,9-12H2,(H,21,22). The summed E-state index contributed by atoms with van der Waals surface area (Å²) in [6.07, 6.45) is 3.61. The summed E-state index contributed by atoms with van der Waals surface area (Å²) in [7, 11) is -1.30. The average molecular weight is 354 g/mol. The van der Waals surface area contributed by atoms with E-state index in [4.69, 9.17) is 21.6 Å². The Morgan fingerprint density at radius 1 is 1.21 bits per heavy atom. The number of benzene rings is 1. The van der Waals surface area contributed by atoms with E-state index in [9.17, 15) is 9.90 Å². The van der Waals surface area contributed by atoms with E-state index in [1.807, 2.05) is 24.3 Å². The van der Waals surface area contributed by atoms with Crippen molar-refractivity contribution in [2.24, 2.45) is 11.8 Å². The minimum Gasteiger partial charge on any atom is -0.481 e. The Hall–Kier alpha value is -1.08. The molecule has 1 aromatic carbocycles. The molecule has 2 atom stereocenters. The van der Waals surface area contributed by atoms with Gasteiger partial charge in [0.1, 0.15) is 0 Å². The second-order valence-corrected chi connectivity index (χ2v) is 7.04. The Bertz CT molecular complexity index is 526. The van der Waals surface area contributed by atoms with Crippen molar-refractivity contribution in [1.29, 1.82) is 0 Å². The Morgan fingerprint density at radius 3 is 2.54 bits per heavy atom. The lowest BCUT2D eigenvalue weighted by molar-refractivity contribution is -0.142. The first-order valence-corrected chi connectivity index (χ1v) is 8.89. The first-order valence-electron chi connectivity index (χ1n) is 8.51. The summed E-state index contributed by atoms with van der Waals surface area (Å²) in [6.45, 7) is 2.24. The first kappa shape index (κ1) is 19.3. The third kappa shape index (κ3) is 6.09. The lowest BCUT2D eigenvalue weighted by atomic mass is 9.80. The highest BCUT2D eigenvalue weighted by Crippen LogP contribution is 2.28. The fourth-order valence-electron chi connectivity index (χ4n) is 3.44. The SMILES string of the molecule is O=C(O)C1CN(CCCc2ccc(Cl)cc2)CC1CCCB(O)O. The molecule has 0 aromatic heterocycles. The van der Waals surface area contributed by atoms with Crippen molar-refractivity contribution in [3.05, 3.63) is 34.9 Å². The van der Waals surface area contributed by atoms with Gasteiger partial charge >= 0.3 is 13.1 Å². The van der Waals surface area contributed by atoms with Crippen LogP contribution in [0.3, 0.4) is 0 Å². The molecule has 0 spiro atoms. The molecule has 0 bridgehead atoms. The van der Waals surface area contributed by atoms with Gasteiger partial charge in [-0.25, -0.2) is 0 Å². The van der Waals surface area contributed by atoms with E-state index < -0.39 is 13.1 Å². The second-order valence-electron chi connectivity index (χ2n) is 6.61. The number of nitrogens with zero attached hydrogens (tertiary/aromatic N) is 1. The zero-order chi connectivity index (χ0) is 17.5. The summed E-state index contributed by atoms with van der Waals surface area (Å²) >= 11 is 5.88. The molecule has 3 N–H and O–H groups in total. The Balaban J connectivity index is 1.76. The monoisotopic (exact) mass is 353 g/mol. The van der Waals surface area contributed by atoms with Gasteiger partial charge in [-0.2, -0.15) is 0 Å². The van der Waals surface area contributed by atoms with E-state index in [2.05, 4.69) is 4.90 Å². The van der Waals surface area contributed by atoms with Crippen molar-refractivity contribution < 1.29 is 19.9 Å².